The Morgan fingerprint density at radius 1 is 1.04 bits per heavy atom. The summed E-state index contributed by atoms with van der Waals surface area (Å²) in [5.74, 6) is 1.01. The predicted molar refractivity (Wildman–Crippen MR) is 116 cm³/mol. The van der Waals surface area contributed by atoms with E-state index in [0.717, 1.165) is 17.8 Å². The van der Waals surface area contributed by atoms with Gasteiger partial charge in [-0.2, -0.15) is 0 Å². The van der Waals surface area contributed by atoms with Crippen molar-refractivity contribution in [2.45, 2.75) is 59.5 Å². The highest BCUT2D eigenvalue weighted by Crippen LogP contribution is 2.25. The molecule has 28 heavy (non-hydrogen) atoms. The molecule has 4 nitrogen and oxygen atoms in total. The Hall–Kier alpha value is -2.46. The monoisotopic (exact) mass is 377 g/mol. The number of benzene rings is 1. The zero-order valence-corrected chi connectivity index (χ0v) is 17.6. The van der Waals surface area contributed by atoms with Crippen molar-refractivity contribution in [1.82, 2.24) is 14.7 Å². The number of hydrogen-bond acceptors (Lipinski definition) is 3. The number of hydrogen-bond donors (Lipinski definition) is 1. The van der Waals surface area contributed by atoms with Gasteiger partial charge in [-0.15, -0.1) is 0 Å². The molecule has 0 spiro atoms. The van der Waals surface area contributed by atoms with Crippen molar-refractivity contribution in [3.8, 4) is 0 Å². The van der Waals surface area contributed by atoms with Crippen LogP contribution in [0.5, 0.6) is 0 Å². The number of aryl methyl sites for hydroxylation is 1. The van der Waals surface area contributed by atoms with Crippen molar-refractivity contribution >= 4 is 5.65 Å². The summed E-state index contributed by atoms with van der Waals surface area (Å²) in [5.41, 5.74) is 5.00. The average Bonchev–Trinajstić information content (AvgIpc) is 2.67. The average molecular weight is 378 g/mol. The highest BCUT2D eigenvalue weighted by Gasteiger charge is 2.16. The molecule has 148 valence electrons. The topological polar surface area (TPSA) is 46.4 Å². The minimum absolute atomic E-state index is 0.0288. The molecule has 4 heteroatoms. The van der Waals surface area contributed by atoms with Gasteiger partial charge in [-0.3, -0.25) is 9.20 Å². The minimum Gasteiger partial charge on any atom is -0.304 e. The van der Waals surface area contributed by atoms with E-state index in [1.54, 1.807) is 10.5 Å². The lowest BCUT2D eigenvalue weighted by Crippen LogP contribution is -2.27. The lowest BCUT2D eigenvalue weighted by Gasteiger charge is -2.23. The molecule has 0 bridgehead atoms. The van der Waals surface area contributed by atoms with Crippen LogP contribution in [0.2, 0.25) is 0 Å². The molecule has 0 aliphatic heterocycles. The van der Waals surface area contributed by atoms with E-state index in [0.29, 0.717) is 24.0 Å². The summed E-state index contributed by atoms with van der Waals surface area (Å²) < 4.78 is 1.65. The molecule has 2 heterocycles. The van der Waals surface area contributed by atoms with Crippen LogP contribution >= 0.6 is 0 Å². The molecule has 1 N–H and O–H groups in total. The number of fused-ring (bicyclic) bond motifs is 1. The molecule has 1 aromatic carbocycles. The van der Waals surface area contributed by atoms with Crippen LogP contribution in [0.4, 0.5) is 0 Å². The van der Waals surface area contributed by atoms with Crippen molar-refractivity contribution in [2.75, 3.05) is 0 Å². The molecular weight excluding hydrogens is 346 g/mol. The van der Waals surface area contributed by atoms with Gasteiger partial charge in [-0.1, -0.05) is 58.0 Å². The Morgan fingerprint density at radius 2 is 1.71 bits per heavy atom. The van der Waals surface area contributed by atoms with Crippen molar-refractivity contribution in [3.05, 3.63) is 81.4 Å². The van der Waals surface area contributed by atoms with Crippen LogP contribution in [0.3, 0.4) is 0 Å². The van der Waals surface area contributed by atoms with E-state index >= 15 is 0 Å². The standard InChI is InChI=1S/C24H31N3O/c1-6-17(4)19-10-12-20(13-11-19)24(16(2)3)25-15-21-14-23(28)27-18(5)8-7-9-22(27)26-21/h7-14,16-17,24-25H,6,15H2,1-5H3/t17-,24-/m0/s1. The minimum atomic E-state index is -0.0288. The molecule has 0 saturated heterocycles. The van der Waals surface area contributed by atoms with Gasteiger partial charge >= 0.3 is 0 Å². The van der Waals surface area contributed by atoms with Gasteiger partial charge in [0.05, 0.1) is 5.69 Å². The quantitative estimate of drug-likeness (QED) is 0.630. The number of rotatable bonds is 7. The van der Waals surface area contributed by atoms with Crippen molar-refractivity contribution in [1.29, 1.82) is 0 Å². The van der Waals surface area contributed by atoms with E-state index in [1.807, 2.05) is 25.1 Å². The second-order valence-electron chi connectivity index (χ2n) is 8.03. The molecule has 0 saturated carbocycles. The number of nitrogens with one attached hydrogen (secondary N) is 1. The Morgan fingerprint density at radius 3 is 2.36 bits per heavy atom. The van der Waals surface area contributed by atoms with Crippen molar-refractivity contribution in [2.24, 2.45) is 5.92 Å². The zero-order chi connectivity index (χ0) is 20.3. The third kappa shape index (κ3) is 4.33. The van der Waals surface area contributed by atoms with E-state index in [9.17, 15) is 4.79 Å². The van der Waals surface area contributed by atoms with E-state index in [4.69, 9.17) is 0 Å². The Labute approximate surface area is 167 Å². The molecule has 2 atom stereocenters. The highest BCUT2D eigenvalue weighted by molar-refractivity contribution is 5.40. The van der Waals surface area contributed by atoms with E-state index in [-0.39, 0.29) is 11.6 Å². The SMILES string of the molecule is CC[C@H](C)c1ccc([C@@H](NCc2cc(=O)n3c(C)cccc3n2)C(C)C)cc1. The van der Waals surface area contributed by atoms with Gasteiger partial charge < -0.3 is 5.32 Å². The fraction of sp³-hybridized carbons (Fsp3) is 0.417. The maximum Gasteiger partial charge on any atom is 0.258 e. The highest BCUT2D eigenvalue weighted by atomic mass is 16.1. The summed E-state index contributed by atoms with van der Waals surface area (Å²) in [6, 6.07) is 16.5. The van der Waals surface area contributed by atoms with Crippen molar-refractivity contribution in [3.63, 3.8) is 0 Å². The maximum atomic E-state index is 12.5. The van der Waals surface area contributed by atoms with Gasteiger partial charge in [0, 0.05) is 24.3 Å². The van der Waals surface area contributed by atoms with Gasteiger partial charge in [0.15, 0.2) is 0 Å². The maximum absolute atomic E-state index is 12.5. The molecule has 3 rings (SSSR count). The van der Waals surface area contributed by atoms with Crippen LogP contribution < -0.4 is 10.9 Å². The molecule has 0 amide bonds. The van der Waals surface area contributed by atoms with Crippen LogP contribution in [0, 0.1) is 12.8 Å². The summed E-state index contributed by atoms with van der Waals surface area (Å²) in [4.78, 5) is 17.2. The largest absolute Gasteiger partial charge is 0.304 e. The first-order valence-corrected chi connectivity index (χ1v) is 10.2. The van der Waals surface area contributed by atoms with Crippen molar-refractivity contribution < 1.29 is 0 Å². The second kappa shape index (κ2) is 8.70. The summed E-state index contributed by atoms with van der Waals surface area (Å²) in [6.07, 6.45) is 1.15. The Balaban J connectivity index is 1.80. The van der Waals surface area contributed by atoms with Crippen LogP contribution in [0.25, 0.3) is 5.65 Å². The van der Waals surface area contributed by atoms with Gasteiger partial charge in [0.2, 0.25) is 0 Å². The molecule has 0 fully saturated rings. The summed E-state index contributed by atoms with van der Waals surface area (Å²) in [7, 11) is 0. The number of pyridine rings is 1. The molecule has 0 aliphatic rings. The third-order valence-electron chi connectivity index (χ3n) is 5.58. The van der Waals surface area contributed by atoms with E-state index < -0.39 is 0 Å². The fourth-order valence-corrected chi connectivity index (χ4v) is 3.67. The van der Waals surface area contributed by atoms with Gasteiger partial charge in [0.1, 0.15) is 5.65 Å². The van der Waals surface area contributed by atoms with Crippen LogP contribution in [-0.2, 0) is 6.54 Å². The van der Waals surface area contributed by atoms with Gasteiger partial charge in [-0.05, 0) is 48.4 Å². The van der Waals surface area contributed by atoms with Crippen LogP contribution in [0.15, 0.2) is 53.3 Å². The van der Waals surface area contributed by atoms with Gasteiger partial charge in [0.25, 0.3) is 5.56 Å². The summed E-state index contributed by atoms with van der Waals surface area (Å²) >= 11 is 0. The number of aromatic nitrogens is 2. The second-order valence-corrected chi connectivity index (χ2v) is 8.03. The first-order chi connectivity index (χ1) is 13.4. The zero-order valence-electron chi connectivity index (χ0n) is 17.6. The predicted octanol–water partition coefficient (Wildman–Crippen LogP) is 5.00. The van der Waals surface area contributed by atoms with Gasteiger partial charge in [-0.25, -0.2) is 4.98 Å². The molecule has 0 aliphatic carbocycles. The summed E-state index contributed by atoms with van der Waals surface area (Å²) in [6.45, 7) is 11.4. The normalized spacial score (nSPS) is 13.8. The molecule has 0 radical (unpaired) electrons. The molecular formula is C24H31N3O. The first kappa shape index (κ1) is 20.3. The first-order valence-electron chi connectivity index (χ1n) is 10.2. The Kier molecular flexibility index (Phi) is 6.30. The molecule has 0 unspecified atom stereocenters. The lowest BCUT2D eigenvalue weighted by molar-refractivity contribution is 0.408. The van der Waals surface area contributed by atoms with E-state index in [1.165, 1.54) is 11.1 Å². The summed E-state index contributed by atoms with van der Waals surface area (Å²) in [5, 5.41) is 3.61. The third-order valence-corrected chi connectivity index (χ3v) is 5.58. The lowest BCUT2D eigenvalue weighted by atomic mass is 9.92. The van der Waals surface area contributed by atoms with Crippen LogP contribution in [-0.4, -0.2) is 9.38 Å². The van der Waals surface area contributed by atoms with E-state index in [2.05, 4.69) is 62.3 Å². The fourth-order valence-electron chi connectivity index (χ4n) is 3.67. The smallest absolute Gasteiger partial charge is 0.258 e. The Bertz CT molecular complexity index is 989. The number of nitrogens with zero attached hydrogens (tertiary/aromatic N) is 2. The molecule has 3 aromatic rings. The van der Waals surface area contributed by atoms with Crippen LogP contribution in [0.1, 0.15) is 68.6 Å². The molecule has 2 aromatic heterocycles.